The van der Waals surface area contributed by atoms with Crippen molar-refractivity contribution in [1.82, 2.24) is 10.3 Å². The molecular weight excluding hydrogens is 248 g/mol. The van der Waals surface area contributed by atoms with Gasteiger partial charge in [-0.05, 0) is 26.3 Å². The number of hydrogen-bond donors (Lipinski definition) is 2. The number of aryl methyl sites for hydroxylation is 1. The number of nitro groups is 1. The highest BCUT2D eigenvalue weighted by Crippen LogP contribution is 2.18. The Morgan fingerprint density at radius 2 is 2.21 bits per heavy atom. The number of aromatic nitrogens is 1. The van der Waals surface area contributed by atoms with Gasteiger partial charge in [-0.25, -0.2) is 4.98 Å². The molecule has 19 heavy (non-hydrogen) atoms. The Morgan fingerprint density at radius 1 is 1.53 bits per heavy atom. The molecule has 1 unspecified atom stereocenters. The third-order valence-corrected chi connectivity index (χ3v) is 2.56. The second kappa shape index (κ2) is 6.67. The van der Waals surface area contributed by atoms with Crippen LogP contribution in [-0.2, 0) is 4.79 Å². The Labute approximate surface area is 111 Å². The molecule has 7 nitrogen and oxygen atoms in total. The average Bonchev–Trinajstić information content (AvgIpc) is 2.35. The molecule has 0 saturated carbocycles. The first-order valence-corrected chi connectivity index (χ1v) is 6.12. The summed E-state index contributed by atoms with van der Waals surface area (Å²) in [6.45, 7) is 5.87. The molecule has 1 aromatic rings. The SMILES string of the molecule is CCCNC(=O)C(C)Nc1ccc([N+](=O)[O-])c(C)n1. The number of amides is 1. The van der Waals surface area contributed by atoms with Gasteiger partial charge in [-0.3, -0.25) is 14.9 Å². The number of hydrogen-bond acceptors (Lipinski definition) is 5. The van der Waals surface area contributed by atoms with Gasteiger partial charge in [0, 0.05) is 12.6 Å². The number of rotatable bonds is 6. The van der Waals surface area contributed by atoms with Gasteiger partial charge < -0.3 is 10.6 Å². The zero-order chi connectivity index (χ0) is 14.4. The zero-order valence-electron chi connectivity index (χ0n) is 11.3. The van der Waals surface area contributed by atoms with E-state index in [9.17, 15) is 14.9 Å². The number of nitrogens with zero attached hydrogens (tertiary/aromatic N) is 2. The third-order valence-electron chi connectivity index (χ3n) is 2.56. The first-order valence-electron chi connectivity index (χ1n) is 6.12. The van der Waals surface area contributed by atoms with E-state index in [2.05, 4.69) is 15.6 Å². The summed E-state index contributed by atoms with van der Waals surface area (Å²) in [7, 11) is 0. The third kappa shape index (κ3) is 4.20. The van der Waals surface area contributed by atoms with E-state index in [4.69, 9.17) is 0 Å². The standard InChI is InChI=1S/C12H18N4O3/c1-4-7-13-12(17)9(3)15-11-6-5-10(16(18)19)8(2)14-11/h5-6,9H,4,7H2,1-3H3,(H,13,17)(H,14,15). The molecule has 7 heteroatoms. The first-order chi connectivity index (χ1) is 8.95. The fraction of sp³-hybridized carbons (Fsp3) is 0.500. The molecule has 0 aliphatic heterocycles. The van der Waals surface area contributed by atoms with Crippen molar-refractivity contribution < 1.29 is 9.72 Å². The molecule has 0 spiro atoms. The van der Waals surface area contributed by atoms with Crippen LogP contribution in [0.15, 0.2) is 12.1 Å². The summed E-state index contributed by atoms with van der Waals surface area (Å²) in [5, 5.41) is 16.3. The monoisotopic (exact) mass is 266 g/mol. The summed E-state index contributed by atoms with van der Waals surface area (Å²) in [5.41, 5.74) is 0.282. The number of carbonyl (C=O) groups excluding carboxylic acids is 1. The van der Waals surface area contributed by atoms with Crippen LogP contribution in [0.2, 0.25) is 0 Å². The van der Waals surface area contributed by atoms with Gasteiger partial charge in [0.25, 0.3) is 5.69 Å². The second-order valence-electron chi connectivity index (χ2n) is 4.22. The highest BCUT2D eigenvalue weighted by atomic mass is 16.6. The Morgan fingerprint density at radius 3 is 2.74 bits per heavy atom. The van der Waals surface area contributed by atoms with Gasteiger partial charge in [-0.2, -0.15) is 0 Å². The van der Waals surface area contributed by atoms with Gasteiger partial charge in [0.05, 0.1) is 4.92 Å². The maximum Gasteiger partial charge on any atom is 0.290 e. The van der Waals surface area contributed by atoms with E-state index < -0.39 is 11.0 Å². The topological polar surface area (TPSA) is 97.2 Å². The normalized spacial score (nSPS) is 11.7. The van der Waals surface area contributed by atoms with Crippen molar-refractivity contribution in [1.29, 1.82) is 0 Å². The molecule has 1 heterocycles. The van der Waals surface area contributed by atoms with Crippen LogP contribution < -0.4 is 10.6 Å². The number of carbonyl (C=O) groups is 1. The Balaban J connectivity index is 2.69. The molecule has 1 rings (SSSR count). The summed E-state index contributed by atoms with van der Waals surface area (Å²) in [6.07, 6.45) is 0.868. The lowest BCUT2D eigenvalue weighted by atomic mass is 10.2. The van der Waals surface area contributed by atoms with E-state index in [0.29, 0.717) is 18.1 Å². The van der Waals surface area contributed by atoms with Crippen LogP contribution >= 0.6 is 0 Å². The number of anilines is 1. The molecule has 104 valence electrons. The summed E-state index contributed by atoms with van der Waals surface area (Å²) in [4.78, 5) is 25.9. The smallest absolute Gasteiger partial charge is 0.290 e. The molecule has 1 aromatic heterocycles. The molecule has 0 saturated heterocycles. The van der Waals surface area contributed by atoms with E-state index in [-0.39, 0.29) is 11.6 Å². The molecule has 0 aliphatic rings. The zero-order valence-corrected chi connectivity index (χ0v) is 11.3. The summed E-state index contributed by atoms with van der Waals surface area (Å²) in [5.74, 6) is 0.321. The largest absolute Gasteiger partial charge is 0.359 e. The highest BCUT2D eigenvalue weighted by Gasteiger charge is 2.15. The minimum atomic E-state index is -0.483. The van der Waals surface area contributed by atoms with Crippen LogP contribution in [0.5, 0.6) is 0 Å². The minimum Gasteiger partial charge on any atom is -0.359 e. The van der Waals surface area contributed by atoms with Crippen molar-refractivity contribution in [2.45, 2.75) is 33.2 Å². The van der Waals surface area contributed by atoms with Crippen LogP contribution in [0.3, 0.4) is 0 Å². The predicted octanol–water partition coefficient (Wildman–Crippen LogP) is 1.62. The summed E-state index contributed by atoms with van der Waals surface area (Å²) in [6, 6.07) is 2.43. The minimum absolute atomic E-state index is 0.0337. The van der Waals surface area contributed by atoms with E-state index >= 15 is 0 Å². The molecule has 0 aromatic carbocycles. The predicted molar refractivity (Wildman–Crippen MR) is 72.0 cm³/mol. The van der Waals surface area contributed by atoms with Crippen LogP contribution in [0.25, 0.3) is 0 Å². The van der Waals surface area contributed by atoms with Gasteiger partial charge in [0.2, 0.25) is 5.91 Å². The van der Waals surface area contributed by atoms with E-state index in [0.717, 1.165) is 6.42 Å². The van der Waals surface area contributed by atoms with E-state index in [1.807, 2.05) is 6.92 Å². The van der Waals surface area contributed by atoms with Crippen LogP contribution in [0.4, 0.5) is 11.5 Å². The fourth-order valence-electron chi connectivity index (χ4n) is 1.52. The molecule has 1 atom stereocenters. The quantitative estimate of drug-likeness (QED) is 0.602. The maximum atomic E-state index is 11.7. The Kier molecular flexibility index (Phi) is 5.23. The molecule has 0 bridgehead atoms. The second-order valence-corrected chi connectivity index (χ2v) is 4.22. The van der Waals surface area contributed by atoms with Crippen LogP contribution in [0, 0.1) is 17.0 Å². The van der Waals surface area contributed by atoms with Gasteiger partial charge in [-0.1, -0.05) is 6.92 Å². The number of pyridine rings is 1. The maximum absolute atomic E-state index is 11.7. The van der Waals surface area contributed by atoms with E-state index in [1.54, 1.807) is 13.8 Å². The first kappa shape index (κ1) is 14.9. The summed E-state index contributed by atoms with van der Waals surface area (Å²) < 4.78 is 0. The van der Waals surface area contributed by atoms with Gasteiger partial charge >= 0.3 is 0 Å². The molecule has 0 radical (unpaired) electrons. The molecule has 2 N–H and O–H groups in total. The van der Waals surface area contributed by atoms with Crippen molar-refractivity contribution in [2.24, 2.45) is 0 Å². The summed E-state index contributed by atoms with van der Waals surface area (Å²) >= 11 is 0. The van der Waals surface area contributed by atoms with Gasteiger partial charge in [0.1, 0.15) is 17.6 Å². The Hall–Kier alpha value is -2.18. The number of nitrogens with one attached hydrogen (secondary N) is 2. The lowest BCUT2D eigenvalue weighted by molar-refractivity contribution is -0.385. The lowest BCUT2D eigenvalue weighted by Gasteiger charge is -2.14. The lowest BCUT2D eigenvalue weighted by Crippen LogP contribution is -2.38. The van der Waals surface area contributed by atoms with Crippen molar-refractivity contribution in [3.8, 4) is 0 Å². The average molecular weight is 266 g/mol. The van der Waals surface area contributed by atoms with Crippen molar-refractivity contribution >= 4 is 17.4 Å². The molecule has 0 fully saturated rings. The van der Waals surface area contributed by atoms with Crippen LogP contribution in [-0.4, -0.2) is 28.4 Å². The highest BCUT2D eigenvalue weighted by molar-refractivity contribution is 5.83. The molecule has 1 amide bonds. The van der Waals surface area contributed by atoms with Crippen molar-refractivity contribution in [3.05, 3.63) is 27.9 Å². The molecule has 0 aliphatic carbocycles. The van der Waals surface area contributed by atoms with Crippen molar-refractivity contribution in [3.63, 3.8) is 0 Å². The van der Waals surface area contributed by atoms with Crippen LogP contribution in [0.1, 0.15) is 26.0 Å². The van der Waals surface area contributed by atoms with E-state index in [1.165, 1.54) is 12.1 Å². The van der Waals surface area contributed by atoms with Gasteiger partial charge in [-0.15, -0.1) is 0 Å². The Bertz CT molecular complexity index is 476. The molecular formula is C12H18N4O3. The fourth-order valence-corrected chi connectivity index (χ4v) is 1.52. The van der Waals surface area contributed by atoms with Crippen molar-refractivity contribution in [2.75, 3.05) is 11.9 Å². The van der Waals surface area contributed by atoms with Gasteiger partial charge in [0.15, 0.2) is 0 Å².